The van der Waals surface area contributed by atoms with E-state index < -0.39 is 0 Å². The lowest BCUT2D eigenvalue weighted by atomic mass is 9.95. The van der Waals surface area contributed by atoms with E-state index in [1.807, 2.05) is 11.8 Å². The summed E-state index contributed by atoms with van der Waals surface area (Å²) in [5.74, 6) is 3.40. The number of unbranched alkanes of at least 4 members (excludes halogenated alkanes) is 1. The van der Waals surface area contributed by atoms with Crippen LogP contribution >= 0.6 is 36.6 Å². The third-order valence-corrected chi connectivity index (χ3v) is 5.98. The molecular weight excluding hydrogens is 365 g/mol. The van der Waals surface area contributed by atoms with Crippen molar-refractivity contribution in [1.82, 2.24) is 15.1 Å². The maximum Gasteiger partial charge on any atom is 0.224 e. The van der Waals surface area contributed by atoms with Gasteiger partial charge in [-0.3, -0.25) is 4.79 Å². The maximum atomic E-state index is 12.4. The van der Waals surface area contributed by atoms with Gasteiger partial charge in [0.2, 0.25) is 5.91 Å². The number of nitrogens with zero attached hydrogens (tertiary/aromatic N) is 2. The Hall–Kier alpha value is 0.320. The second-order valence-corrected chi connectivity index (χ2v) is 8.02. The molecule has 4 nitrogen and oxygen atoms in total. The lowest BCUT2D eigenvalue weighted by Crippen LogP contribution is -2.45. The number of halogens is 2. The molecule has 0 aromatic rings. The van der Waals surface area contributed by atoms with Crippen LogP contribution in [0.1, 0.15) is 39.0 Å². The second kappa shape index (κ2) is 13.5. The summed E-state index contributed by atoms with van der Waals surface area (Å²) in [6.07, 6.45) is 5.60. The summed E-state index contributed by atoms with van der Waals surface area (Å²) in [7, 11) is 2.24. The van der Waals surface area contributed by atoms with Crippen molar-refractivity contribution in [3.05, 3.63) is 0 Å². The monoisotopic (exact) mass is 399 g/mol. The van der Waals surface area contributed by atoms with Gasteiger partial charge in [-0.15, -0.1) is 24.8 Å². The van der Waals surface area contributed by atoms with Crippen molar-refractivity contribution in [3.63, 3.8) is 0 Å². The molecular formula is C17H35Cl2N3OS. The van der Waals surface area contributed by atoms with Gasteiger partial charge in [-0.25, -0.2) is 0 Å². The summed E-state index contributed by atoms with van der Waals surface area (Å²) in [4.78, 5) is 17.0. The van der Waals surface area contributed by atoms with Gasteiger partial charge in [0.15, 0.2) is 0 Å². The SMILES string of the molecule is CCCCN(C)CC1CCN(C(=O)CC2CSCCN2)CC1.Cl.Cl. The molecule has 0 aromatic heterocycles. The lowest BCUT2D eigenvalue weighted by molar-refractivity contribution is -0.133. The van der Waals surface area contributed by atoms with Crippen LogP contribution in [0.2, 0.25) is 0 Å². The van der Waals surface area contributed by atoms with E-state index in [0.717, 1.165) is 31.3 Å². The van der Waals surface area contributed by atoms with Crippen LogP contribution in [0.25, 0.3) is 0 Å². The zero-order valence-electron chi connectivity index (χ0n) is 15.2. The predicted octanol–water partition coefficient (Wildman–Crippen LogP) is 2.90. The normalized spacial score (nSPS) is 22.0. The number of hydrogen-bond acceptors (Lipinski definition) is 4. The van der Waals surface area contributed by atoms with Gasteiger partial charge < -0.3 is 15.1 Å². The summed E-state index contributed by atoms with van der Waals surface area (Å²) < 4.78 is 0. The molecule has 2 aliphatic rings. The van der Waals surface area contributed by atoms with Gasteiger partial charge in [-0.05, 0) is 38.8 Å². The molecule has 144 valence electrons. The van der Waals surface area contributed by atoms with Crippen molar-refractivity contribution in [2.75, 3.05) is 51.3 Å². The highest BCUT2D eigenvalue weighted by Crippen LogP contribution is 2.20. The third-order valence-electron chi connectivity index (χ3n) is 4.85. The molecule has 0 aliphatic carbocycles. The Morgan fingerprint density at radius 2 is 2.00 bits per heavy atom. The Labute approximate surface area is 164 Å². The second-order valence-electron chi connectivity index (χ2n) is 6.87. The number of nitrogens with one attached hydrogen (secondary N) is 1. The zero-order valence-corrected chi connectivity index (χ0v) is 17.6. The number of rotatable bonds is 7. The first kappa shape index (κ1) is 24.3. The van der Waals surface area contributed by atoms with E-state index in [9.17, 15) is 4.79 Å². The highest BCUT2D eigenvalue weighted by Gasteiger charge is 2.25. The molecule has 0 aromatic carbocycles. The largest absolute Gasteiger partial charge is 0.343 e. The van der Waals surface area contributed by atoms with E-state index in [4.69, 9.17) is 0 Å². The molecule has 0 saturated carbocycles. The maximum absolute atomic E-state index is 12.4. The summed E-state index contributed by atoms with van der Waals surface area (Å²) in [6.45, 7) is 7.63. The molecule has 1 unspecified atom stereocenters. The minimum absolute atomic E-state index is 0. The van der Waals surface area contributed by atoms with Crippen LogP contribution in [0.5, 0.6) is 0 Å². The van der Waals surface area contributed by atoms with Gasteiger partial charge in [0.1, 0.15) is 0 Å². The molecule has 1 atom stereocenters. The van der Waals surface area contributed by atoms with E-state index in [0.29, 0.717) is 18.4 Å². The smallest absolute Gasteiger partial charge is 0.224 e. The fraction of sp³-hybridized carbons (Fsp3) is 0.941. The van der Waals surface area contributed by atoms with Crippen molar-refractivity contribution in [3.8, 4) is 0 Å². The molecule has 24 heavy (non-hydrogen) atoms. The van der Waals surface area contributed by atoms with E-state index in [1.165, 1.54) is 44.5 Å². The van der Waals surface area contributed by atoms with Crippen molar-refractivity contribution >= 4 is 42.5 Å². The van der Waals surface area contributed by atoms with Crippen LogP contribution in [0.3, 0.4) is 0 Å². The van der Waals surface area contributed by atoms with Crippen LogP contribution in [-0.2, 0) is 4.79 Å². The first-order valence-electron chi connectivity index (χ1n) is 8.96. The fourth-order valence-corrected chi connectivity index (χ4v) is 4.36. The van der Waals surface area contributed by atoms with Crippen LogP contribution in [0.15, 0.2) is 0 Å². The molecule has 1 N–H and O–H groups in total. The van der Waals surface area contributed by atoms with Gasteiger partial charge in [0.25, 0.3) is 0 Å². The van der Waals surface area contributed by atoms with Gasteiger partial charge in [0.05, 0.1) is 0 Å². The van der Waals surface area contributed by atoms with Crippen LogP contribution < -0.4 is 5.32 Å². The lowest BCUT2D eigenvalue weighted by Gasteiger charge is -2.35. The summed E-state index contributed by atoms with van der Waals surface area (Å²) >= 11 is 1.97. The number of carbonyl (C=O) groups is 1. The van der Waals surface area contributed by atoms with Gasteiger partial charge in [0, 0.05) is 50.1 Å². The Morgan fingerprint density at radius 1 is 1.29 bits per heavy atom. The van der Waals surface area contributed by atoms with Crippen molar-refractivity contribution in [1.29, 1.82) is 0 Å². The first-order chi connectivity index (χ1) is 10.7. The molecule has 0 radical (unpaired) electrons. The number of carbonyl (C=O) groups excluding carboxylic acids is 1. The molecule has 7 heteroatoms. The van der Waals surface area contributed by atoms with Gasteiger partial charge >= 0.3 is 0 Å². The Kier molecular flexibility index (Phi) is 13.7. The van der Waals surface area contributed by atoms with Crippen LogP contribution in [-0.4, -0.2) is 73.0 Å². The van der Waals surface area contributed by atoms with E-state index in [2.05, 4.69) is 29.1 Å². The van der Waals surface area contributed by atoms with E-state index >= 15 is 0 Å². The van der Waals surface area contributed by atoms with Crippen molar-refractivity contribution < 1.29 is 4.79 Å². The molecule has 2 heterocycles. The van der Waals surface area contributed by atoms with Crippen molar-refractivity contribution in [2.45, 2.75) is 45.1 Å². The average Bonchev–Trinajstić information content (AvgIpc) is 2.54. The zero-order chi connectivity index (χ0) is 15.8. The minimum atomic E-state index is 0. The number of likely N-dealkylation sites (tertiary alicyclic amines) is 1. The molecule has 2 rings (SSSR count). The summed E-state index contributed by atoms with van der Waals surface area (Å²) in [6, 6.07) is 0.393. The standard InChI is InChI=1S/C17H33N3OS.2ClH/c1-3-4-8-19(2)13-15-5-9-20(10-6-15)17(21)12-16-14-22-11-7-18-16;;/h15-16,18H,3-14H2,1-2H3;2*1H. The molecule has 2 fully saturated rings. The number of amides is 1. The summed E-state index contributed by atoms with van der Waals surface area (Å²) in [5, 5.41) is 3.47. The van der Waals surface area contributed by atoms with E-state index in [-0.39, 0.29) is 24.8 Å². The number of hydrogen-bond donors (Lipinski definition) is 1. The molecule has 1 amide bonds. The molecule has 0 bridgehead atoms. The highest BCUT2D eigenvalue weighted by atomic mass is 35.5. The average molecular weight is 400 g/mol. The van der Waals surface area contributed by atoms with Gasteiger partial charge in [-0.1, -0.05) is 13.3 Å². The first-order valence-corrected chi connectivity index (χ1v) is 10.1. The fourth-order valence-electron chi connectivity index (χ4n) is 3.42. The van der Waals surface area contributed by atoms with Gasteiger partial charge in [-0.2, -0.15) is 11.8 Å². The minimum Gasteiger partial charge on any atom is -0.343 e. The Bertz CT molecular complexity index is 336. The van der Waals surface area contributed by atoms with E-state index in [1.54, 1.807) is 0 Å². The number of piperidine rings is 1. The quantitative estimate of drug-likeness (QED) is 0.713. The Morgan fingerprint density at radius 3 is 2.58 bits per heavy atom. The van der Waals surface area contributed by atoms with Crippen LogP contribution in [0, 0.1) is 5.92 Å². The topological polar surface area (TPSA) is 35.6 Å². The molecule has 0 spiro atoms. The Balaban J connectivity index is 0.00000264. The van der Waals surface area contributed by atoms with Crippen LogP contribution in [0.4, 0.5) is 0 Å². The van der Waals surface area contributed by atoms with Crippen molar-refractivity contribution in [2.24, 2.45) is 5.92 Å². The third kappa shape index (κ3) is 8.61. The molecule has 2 saturated heterocycles. The summed E-state index contributed by atoms with van der Waals surface area (Å²) in [5.41, 5.74) is 0. The molecule has 2 aliphatic heterocycles. The predicted molar refractivity (Wildman–Crippen MR) is 110 cm³/mol. The number of thioether (sulfide) groups is 1. The highest BCUT2D eigenvalue weighted by molar-refractivity contribution is 7.99.